The quantitative estimate of drug-likeness (QED) is 0.777. The Morgan fingerprint density at radius 1 is 1.15 bits per heavy atom. The van der Waals surface area contributed by atoms with Crippen LogP contribution in [0.4, 0.5) is 0 Å². The molecule has 20 heavy (non-hydrogen) atoms. The highest BCUT2D eigenvalue weighted by atomic mass is 32.1. The van der Waals surface area contributed by atoms with Gasteiger partial charge in [-0.15, -0.1) is 11.3 Å². The topological polar surface area (TPSA) is 37.8 Å². The predicted octanol–water partition coefficient (Wildman–Crippen LogP) is 3.58. The molecule has 102 valence electrons. The summed E-state index contributed by atoms with van der Waals surface area (Å²) in [4.78, 5) is 9.01. The van der Waals surface area contributed by atoms with Crippen LogP contribution < -0.4 is 5.32 Å². The third-order valence-electron chi connectivity index (χ3n) is 3.26. The molecule has 1 unspecified atom stereocenters. The zero-order valence-corrected chi connectivity index (χ0v) is 12.2. The second-order valence-electron chi connectivity index (χ2n) is 4.76. The summed E-state index contributed by atoms with van der Waals surface area (Å²) in [6, 6.07) is 14.6. The fourth-order valence-electron chi connectivity index (χ4n) is 2.16. The largest absolute Gasteiger partial charge is 0.308 e. The molecule has 1 aromatic carbocycles. The number of hydrogen-bond donors (Lipinski definition) is 1. The number of benzene rings is 1. The van der Waals surface area contributed by atoms with Gasteiger partial charge in [0.2, 0.25) is 0 Å². The van der Waals surface area contributed by atoms with Crippen molar-refractivity contribution < 1.29 is 0 Å². The predicted molar refractivity (Wildman–Crippen MR) is 84.0 cm³/mol. The molecule has 1 atom stereocenters. The molecule has 3 aromatic rings. The molecule has 3 nitrogen and oxygen atoms in total. The van der Waals surface area contributed by atoms with Crippen LogP contribution in [0.2, 0.25) is 0 Å². The minimum Gasteiger partial charge on any atom is -0.308 e. The number of para-hydroxylation sites is 1. The summed E-state index contributed by atoms with van der Waals surface area (Å²) in [5, 5.41) is 4.68. The van der Waals surface area contributed by atoms with Crippen molar-refractivity contribution in [3.05, 3.63) is 59.4 Å². The molecular formula is C16H17N3S. The molecule has 0 saturated carbocycles. The smallest absolute Gasteiger partial charge is 0.0951 e. The zero-order valence-electron chi connectivity index (χ0n) is 11.4. The van der Waals surface area contributed by atoms with Gasteiger partial charge in [-0.1, -0.05) is 18.2 Å². The average molecular weight is 283 g/mol. The van der Waals surface area contributed by atoms with Gasteiger partial charge in [0.1, 0.15) is 0 Å². The van der Waals surface area contributed by atoms with E-state index in [1.165, 1.54) is 9.71 Å². The molecule has 0 aliphatic rings. The lowest BCUT2D eigenvalue weighted by Crippen LogP contribution is -2.22. The Kier molecular flexibility index (Phi) is 4.04. The van der Waals surface area contributed by atoms with E-state index in [1.807, 2.05) is 24.4 Å². The van der Waals surface area contributed by atoms with Crippen LogP contribution in [0.25, 0.3) is 10.2 Å². The lowest BCUT2D eigenvalue weighted by molar-refractivity contribution is 0.564. The van der Waals surface area contributed by atoms with Crippen LogP contribution in [0.15, 0.2) is 48.7 Å². The summed E-state index contributed by atoms with van der Waals surface area (Å²) in [5.74, 6) is 0. The number of pyridine rings is 1. The number of thiazole rings is 1. The summed E-state index contributed by atoms with van der Waals surface area (Å²) >= 11 is 1.78. The van der Waals surface area contributed by atoms with Crippen molar-refractivity contribution in [2.45, 2.75) is 19.4 Å². The Morgan fingerprint density at radius 3 is 2.80 bits per heavy atom. The maximum Gasteiger partial charge on any atom is 0.0951 e. The van der Waals surface area contributed by atoms with E-state index in [0.717, 1.165) is 24.2 Å². The molecule has 0 fully saturated rings. The summed E-state index contributed by atoms with van der Waals surface area (Å²) in [6.45, 7) is 3.05. The molecule has 0 amide bonds. The standard InChI is InChI=1S/C16H17N3S/c1-12(13-6-4-5-10-18-13)17-11-9-16-19-14-7-2-3-8-15(14)20-16/h2-8,10,12,17H,9,11H2,1H3. The number of hydrogen-bond acceptors (Lipinski definition) is 4. The molecule has 0 saturated heterocycles. The number of nitrogens with one attached hydrogen (secondary N) is 1. The fraction of sp³-hybridized carbons (Fsp3) is 0.250. The van der Waals surface area contributed by atoms with E-state index in [-0.39, 0.29) is 6.04 Å². The lowest BCUT2D eigenvalue weighted by atomic mass is 10.2. The van der Waals surface area contributed by atoms with E-state index in [4.69, 9.17) is 0 Å². The van der Waals surface area contributed by atoms with E-state index in [1.54, 1.807) is 11.3 Å². The van der Waals surface area contributed by atoms with Crippen molar-refractivity contribution >= 4 is 21.6 Å². The van der Waals surface area contributed by atoms with Crippen LogP contribution in [0.1, 0.15) is 23.7 Å². The Hall–Kier alpha value is -1.78. The first-order valence-electron chi connectivity index (χ1n) is 6.82. The lowest BCUT2D eigenvalue weighted by Gasteiger charge is -2.12. The summed E-state index contributed by atoms with van der Waals surface area (Å²) in [7, 11) is 0. The number of aromatic nitrogens is 2. The molecule has 0 spiro atoms. The minimum absolute atomic E-state index is 0.269. The van der Waals surface area contributed by atoms with Crippen LogP contribution in [0, 0.1) is 0 Å². The Morgan fingerprint density at radius 2 is 2.00 bits per heavy atom. The second-order valence-corrected chi connectivity index (χ2v) is 5.87. The van der Waals surface area contributed by atoms with Crippen LogP contribution in [-0.4, -0.2) is 16.5 Å². The van der Waals surface area contributed by atoms with Crippen LogP contribution >= 0.6 is 11.3 Å². The van der Waals surface area contributed by atoms with Gasteiger partial charge in [-0.05, 0) is 31.2 Å². The summed E-state index contributed by atoms with van der Waals surface area (Å²) in [6.07, 6.45) is 2.79. The van der Waals surface area contributed by atoms with Crippen molar-refractivity contribution in [2.24, 2.45) is 0 Å². The van der Waals surface area contributed by atoms with Gasteiger partial charge in [0.05, 0.1) is 20.9 Å². The highest BCUT2D eigenvalue weighted by molar-refractivity contribution is 7.18. The highest BCUT2D eigenvalue weighted by Crippen LogP contribution is 2.21. The zero-order chi connectivity index (χ0) is 13.8. The summed E-state index contributed by atoms with van der Waals surface area (Å²) < 4.78 is 1.26. The van der Waals surface area contributed by atoms with Crippen molar-refractivity contribution in [2.75, 3.05) is 6.54 Å². The number of nitrogens with zero attached hydrogens (tertiary/aromatic N) is 2. The molecule has 0 bridgehead atoms. The first-order chi connectivity index (χ1) is 9.83. The summed E-state index contributed by atoms with van der Waals surface area (Å²) in [5.41, 5.74) is 2.18. The first-order valence-corrected chi connectivity index (χ1v) is 7.63. The maximum absolute atomic E-state index is 4.65. The Labute approximate surface area is 122 Å². The monoisotopic (exact) mass is 283 g/mol. The van der Waals surface area contributed by atoms with Crippen LogP contribution in [0.5, 0.6) is 0 Å². The SMILES string of the molecule is CC(NCCc1nc2ccccc2s1)c1ccccn1. The van der Waals surface area contributed by atoms with E-state index < -0.39 is 0 Å². The maximum atomic E-state index is 4.65. The van der Waals surface area contributed by atoms with Gasteiger partial charge in [0, 0.05) is 25.2 Å². The van der Waals surface area contributed by atoms with Gasteiger partial charge in [0.15, 0.2) is 0 Å². The molecule has 2 aromatic heterocycles. The first kappa shape index (κ1) is 13.2. The van der Waals surface area contributed by atoms with Crippen LogP contribution in [0.3, 0.4) is 0 Å². The molecule has 3 rings (SSSR count). The number of rotatable bonds is 5. The van der Waals surface area contributed by atoms with Crippen molar-refractivity contribution in [1.29, 1.82) is 0 Å². The van der Waals surface area contributed by atoms with Crippen molar-refractivity contribution in [1.82, 2.24) is 15.3 Å². The van der Waals surface area contributed by atoms with E-state index in [0.29, 0.717) is 0 Å². The van der Waals surface area contributed by atoms with Gasteiger partial charge >= 0.3 is 0 Å². The van der Waals surface area contributed by atoms with Gasteiger partial charge in [-0.2, -0.15) is 0 Å². The van der Waals surface area contributed by atoms with Crippen LogP contribution in [-0.2, 0) is 6.42 Å². The highest BCUT2D eigenvalue weighted by Gasteiger charge is 2.06. The molecule has 0 aliphatic heterocycles. The molecule has 1 N–H and O–H groups in total. The normalized spacial score (nSPS) is 12.7. The van der Waals surface area contributed by atoms with Gasteiger partial charge in [-0.3, -0.25) is 4.98 Å². The minimum atomic E-state index is 0.269. The van der Waals surface area contributed by atoms with Crippen molar-refractivity contribution in [3.8, 4) is 0 Å². The van der Waals surface area contributed by atoms with E-state index in [9.17, 15) is 0 Å². The Bertz CT molecular complexity index is 645. The van der Waals surface area contributed by atoms with Gasteiger partial charge in [0.25, 0.3) is 0 Å². The van der Waals surface area contributed by atoms with Gasteiger partial charge in [-0.25, -0.2) is 4.98 Å². The average Bonchev–Trinajstić information content (AvgIpc) is 2.90. The second kappa shape index (κ2) is 6.11. The number of fused-ring (bicyclic) bond motifs is 1. The Balaban J connectivity index is 1.57. The third-order valence-corrected chi connectivity index (χ3v) is 4.36. The molecule has 0 radical (unpaired) electrons. The molecular weight excluding hydrogens is 266 g/mol. The van der Waals surface area contributed by atoms with Gasteiger partial charge < -0.3 is 5.32 Å². The van der Waals surface area contributed by atoms with E-state index >= 15 is 0 Å². The molecule has 0 aliphatic carbocycles. The molecule has 2 heterocycles. The van der Waals surface area contributed by atoms with E-state index in [2.05, 4.69) is 46.5 Å². The third kappa shape index (κ3) is 3.03. The molecule has 4 heteroatoms. The van der Waals surface area contributed by atoms with Crippen molar-refractivity contribution in [3.63, 3.8) is 0 Å². The fourth-order valence-corrected chi connectivity index (χ4v) is 3.13.